The minimum Gasteiger partial charge on any atom is -0.457 e. The number of carbonyl (C=O) groups is 1. The summed E-state index contributed by atoms with van der Waals surface area (Å²) in [4.78, 5) is 22.5. The lowest BCUT2D eigenvalue weighted by Crippen LogP contribution is -2.28. The molecule has 0 radical (unpaired) electrons. The van der Waals surface area contributed by atoms with Gasteiger partial charge in [0.25, 0.3) is 0 Å². The maximum atomic E-state index is 12.6. The van der Waals surface area contributed by atoms with Crippen LogP contribution in [0.4, 0.5) is 0 Å². The van der Waals surface area contributed by atoms with Crippen molar-refractivity contribution in [1.82, 2.24) is 0 Å². The lowest BCUT2D eigenvalue weighted by molar-refractivity contribution is -0.154. The Morgan fingerprint density at radius 3 is 1.47 bits per heavy atom. The number of phosphoric ester groups is 1. The molecule has 0 rings (SSSR count). The van der Waals surface area contributed by atoms with Crippen LogP contribution in [0.5, 0.6) is 0 Å². The van der Waals surface area contributed by atoms with E-state index in [1.54, 1.807) is 0 Å². The highest BCUT2D eigenvalue weighted by Crippen LogP contribution is 2.43. The minimum absolute atomic E-state index is 0.0620. The highest BCUT2D eigenvalue weighted by molar-refractivity contribution is 7.47. The fourth-order valence-electron chi connectivity index (χ4n) is 5.65. The van der Waals surface area contributed by atoms with Crippen molar-refractivity contribution in [2.45, 2.75) is 180 Å². The fourth-order valence-corrected chi connectivity index (χ4v) is 6.41. The van der Waals surface area contributed by atoms with Gasteiger partial charge in [-0.05, 0) is 44.9 Å². The number of unbranched alkanes of at least 4 members (excludes halogenated alkanes) is 17. The van der Waals surface area contributed by atoms with Gasteiger partial charge in [-0.25, -0.2) is 4.57 Å². The van der Waals surface area contributed by atoms with E-state index in [0.29, 0.717) is 19.4 Å². The number of allylic oxidation sites excluding steroid dienone is 9. The first kappa shape index (κ1) is 51.2. The Labute approximate surface area is 325 Å². The lowest BCUT2D eigenvalue weighted by Gasteiger charge is -2.19. The number of phosphoric acid groups is 1. The smallest absolute Gasteiger partial charge is 0.457 e. The van der Waals surface area contributed by atoms with E-state index >= 15 is 0 Å². The van der Waals surface area contributed by atoms with Crippen LogP contribution in [0.1, 0.15) is 174 Å². The molecule has 0 amide bonds. The Morgan fingerprint density at radius 2 is 1.02 bits per heavy atom. The van der Waals surface area contributed by atoms with Crippen LogP contribution in [-0.4, -0.2) is 49.9 Å². The highest BCUT2D eigenvalue weighted by Gasteiger charge is 2.25. The minimum atomic E-state index is -4.30. The SMILES string of the molecule is CC/C=C\C/C=C\C/C=C\C/C=C\C/C=C\CCOCC(COP(=O)(O)OCCN)OC(=O)CCCCCCCCCCCCCCCCCCCC. The second kappa shape index (κ2) is 41.4. The van der Waals surface area contributed by atoms with Gasteiger partial charge in [0.05, 0.1) is 26.4 Å². The molecule has 0 spiro atoms. The summed E-state index contributed by atoms with van der Waals surface area (Å²) >= 11 is 0. The van der Waals surface area contributed by atoms with Crippen LogP contribution in [0.25, 0.3) is 0 Å². The zero-order valence-corrected chi connectivity index (χ0v) is 34.9. The van der Waals surface area contributed by atoms with E-state index in [1.165, 1.54) is 96.3 Å². The number of carbonyl (C=O) groups excluding carboxylic acids is 1. The van der Waals surface area contributed by atoms with Gasteiger partial charge in [-0.15, -0.1) is 0 Å². The summed E-state index contributed by atoms with van der Waals surface area (Å²) in [7, 11) is -4.30. The van der Waals surface area contributed by atoms with Crippen molar-refractivity contribution in [1.29, 1.82) is 0 Å². The van der Waals surface area contributed by atoms with E-state index in [-0.39, 0.29) is 32.3 Å². The number of esters is 1. The maximum Gasteiger partial charge on any atom is 0.472 e. The van der Waals surface area contributed by atoms with E-state index < -0.39 is 13.9 Å². The zero-order chi connectivity index (χ0) is 38.8. The molecular weight excluding hydrogens is 685 g/mol. The molecule has 0 aromatic heterocycles. The van der Waals surface area contributed by atoms with Gasteiger partial charge >= 0.3 is 13.8 Å². The molecule has 9 heteroatoms. The molecule has 0 aliphatic heterocycles. The first-order chi connectivity index (χ1) is 25.9. The van der Waals surface area contributed by atoms with Crippen LogP contribution in [0.2, 0.25) is 0 Å². The molecule has 2 unspecified atom stereocenters. The first-order valence-electron chi connectivity index (χ1n) is 21.3. The molecule has 0 saturated heterocycles. The van der Waals surface area contributed by atoms with Gasteiger partial charge in [0.15, 0.2) is 0 Å². The molecule has 0 saturated carbocycles. The van der Waals surface area contributed by atoms with E-state index in [1.807, 2.05) is 0 Å². The van der Waals surface area contributed by atoms with Crippen LogP contribution in [-0.2, 0) is 27.9 Å². The molecule has 0 heterocycles. The Hall–Kier alpha value is -1.80. The maximum absolute atomic E-state index is 12.6. The summed E-state index contributed by atoms with van der Waals surface area (Å²) in [6.07, 6.45) is 49.8. The highest BCUT2D eigenvalue weighted by atomic mass is 31.2. The van der Waals surface area contributed by atoms with Gasteiger partial charge in [-0.1, -0.05) is 184 Å². The number of hydrogen-bond acceptors (Lipinski definition) is 7. The normalized spacial score (nSPS) is 14.1. The average molecular weight is 766 g/mol. The summed E-state index contributed by atoms with van der Waals surface area (Å²) < 4.78 is 33.3. The number of hydrogen-bond donors (Lipinski definition) is 2. The topological polar surface area (TPSA) is 117 Å². The molecule has 308 valence electrons. The van der Waals surface area contributed by atoms with Crippen LogP contribution in [0, 0.1) is 0 Å². The van der Waals surface area contributed by atoms with E-state index in [0.717, 1.165) is 51.4 Å². The second-order valence-electron chi connectivity index (χ2n) is 13.8. The Morgan fingerprint density at radius 1 is 0.585 bits per heavy atom. The van der Waals surface area contributed by atoms with Crippen molar-refractivity contribution in [2.75, 3.05) is 33.0 Å². The quantitative estimate of drug-likeness (QED) is 0.0274. The third-order valence-electron chi connectivity index (χ3n) is 8.72. The van der Waals surface area contributed by atoms with Crippen molar-refractivity contribution in [3.8, 4) is 0 Å². The molecule has 53 heavy (non-hydrogen) atoms. The standard InChI is InChI=1S/C44H80NO7P/c1-3-5-7-9-11-13-15-17-19-21-22-23-25-27-29-31-33-35-37-44(46)52-43(42-51-53(47,48)50-40-38-45)41-49-39-36-34-32-30-28-26-24-20-18-16-14-12-10-8-6-4-2/h6,8,12,14,18,20,26,28,32,34,43H,3-5,7,9-11,13,15-17,19,21-25,27,29-31,33,35-42,45H2,1-2H3,(H,47,48)/b8-6-,14-12-,20-18-,28-26-,34-32-. The van der Waals surface area contributed by atoms with Crippen molar-refractivity contribution in [3.63, 3.8) is 0 Å². The van der Waals surface area contributed by atoms with Gasteiger partial charge in [0.2, 0.25) is 0 Å². The van der Waals surface area contributed by atoms with Gasteiger partial charge in [0, 0.05) is 13.0 Å². The number of rotatable bonds is 40. The molecular formula is C44H80NO7P. The first-order valence-corrected chi connectivity index (χ1v) is 22.8. The molecule has 2 atom stereocenters. The van der Waals surface area contributed by atoms with Crippen molar-refractivity contribution in [2.24, 2.45) is 5.73 Å². The Balaban J connectivity index is 4.13. The van der Waals surface area contributed by atoms with Crippen LogP contribution >= 0.6 is 7.82 Å². The molecule has 8 nitrogen and oxygen atoms in total. The summed E-state index contributed by atoms with van der Waals surface area (Å²) in [5, 5.41) is 0. The largest absolute Gasteiger partial charge is 0.472 e. The average Bonchev–Trinajstić information content (AvgIpc) is 3.15. The van der Waals surface area contributed by atoms with E-state index in [4.69, 9.17) is 24.3 Å². The molecule has 0 aliphatic carbocycles. The lowest BCUT2D eigenvalue weighted by atomic mass is 10.0. The fraction of sp³-hybridized carbons (Fsp3) is 0.750. The monoisotopic (exact) mass is 766 g/mol. The Bertz CT molecular complexity index is 994. The summed E-state index contributed by atoms with van der Waals surface area (Å²) in [6, 6.07) is 0. The third kappa shape index (κ3) is 41.2. The van der Waals surface area contributed by atoms with Crippen LogP contribution in [0.15, 0.2) is 60.8 Å². The predicted octanol–water partition coefficient (Wildman–Crippen LogP) is 12.6. The van der Waals surface area contributed by atoms with Crippen LogP contribution in [0.3, 0.4) is 0 Å². The zero-order valence-electron chi connectivity index (χ0n) is 34.0. The van der Waals surface area contributed by atoms with E-state index in [2.05, 4.69) is 74.6 Å². The van der Waals surface area contributed by atoms with Crippen LogP contribution < -0.4 is 5.73 Å². The third-order valence-corrected chi connectivity index (χ3v) is 9.70. The van der Waals surface area contributed by atoms with E-state index in [9.17, 15) is 14.3 Å². The summed E-state index contributed by atoms with van der Waals surface area (Å²) in [5.74, 6) is -0.354. The van der Waals surface area contributed by atoms with Crippen molar-refractivity contribution >= 4 is 13.8 Å². The number of ether oxygens (including phenoxy) is 2. The van der Waals surface area contributed by atoms with Gasteiger partial charge in [0.1, 0.15) is 6.10 Å². The van der Waals surface area contributed by atoms with Crippen molar-refractivity contribution < 1.29 is 32.8 Å². The summed E-state index contributed by atoms with van der Waals surface area (Å²) in [5.41, 5.74) is 5.36. The van der Waals surface area contributed by atoms with Gasteiger partial charge in [-0.3, -0.25) is 13.8 Å². The molecule has 0 bridgehead atoms. The molecule has 3 N–H and O–H groups in total. The molecule has 0 aliphatic rings. The molecule has 0 fully saturated rings. The Kier molecular flexibility index (Phi) is 40.0. The predicted molar refractivity (Wildman–Crippen MR) is 224 cm³/mol. The van der Waals surface area contributed by atoms with Gasteiger partial charge in [-0.2, -0.15) is 0 Å². The van der Waals surface area contributed by atoms with Gasteiger partial charge < -0.3 is 20.1 Å². The molecule has 0 aromatic rings. The number of nitrogens with two attached hydrogens (primary N) is 1. The molecule has 0 aromatic carbocycles. The van der Waals surface area contributed by atoms with Crippen molar-refractivity contribution in [3.05, 3.63) is 60.8 Å². The second-order valence-corrected chi connectivity index (χ2v) is 15.3. The summed E-state index contributed by atoms with van der Waals surface area (Å²) in [6.45, 7) is 4.58.